The van der Waals surface area contributed by atoms with E-state index in [0.29, 0.717) is 11.6 Å². The van der Waals surface area contributed by atoms with Crippen LogP contribution in [0.15, 0.2) is 18.2 Å². The van der Waals surface area contributed by atoms with E-state index in [-0.39, 0.29) is 6.10 Å². The Morgan fingerprint density at radius 1 is 1.46 bits per heavy atom. The first-order valence-corrected chi connectivity index (χ1v) is 4.76. The zero-order valence-electron chi connectivity index (χ0n) is 7.42. The quantitative estimate of drug-likeness (QED) is 0.691. The third kappa shape index (κ3) is 1.73. The van der Waals surface area contributed by atoms with Gasteiger partial charge in [-0.1, -0.05) is 18.5 Å². The van der Waals surface area contributed by atoms with E-state index < -0.39 is 0 Å². The van der Waals surface area contributed by atoms with Crippen LogP contribution in [-0.2, 0) is 0 Å². The van der Waals surface area contributed by atoms with Gasteiger partial charge in [0.2, 0.25) is 0 Å². The highest BCUT2D eigenvalue weighted by atomic mass is 35.5. The molecule has 0 aromatic heterocycles. The van der Waals surface area contributed by atoms with E-state index in [1.807, 2.05) is 12.1 Å². The summed E-state index contributed by atoms with van der Waals surface area (Å²) in [6.07, 6.45) is 1.14. The number of fused-ring (bicyclic) bond motifs is 1. The normalized spacial score (nSPS) is 20.0. The van der Waals surface area contributed by atoms with Crippen molar-refractivity contribution in [2.24, 2.45) is 0 Å². The molecule has 0 bridgehead atoms. The largest absolute Gasteiger partial charge is 0.486 e. The van der Waals surface area contributed by atoms with Gasteiger partial charge >= 0.3 is 0 Å². The number of hydrogen-bond donors (Lipinski definition) is 0. The van der Waals surface area contributed by atoms with Crippen LogP contribution in [0.3, 0.4) is 0 Å². The second-order valence-electron chi connectivity index (χ2n) is 3.05. The van der Waals surface area contributed by atoms with Gasteiger partial charge in [-0.15, -0.1) is 0 Å². The van der Waals surface area contributed by atoms with Crippen LogP contribution < -0.4 is 9.47 Å². The van der Waals surface area contributed by atoms with Crippen molar-refractivity contribution in [1.29, 1.82) is 0 Å². The molecule has 0 unspecified atom stereocenters. The van der Waals surface area contributed by atoms with E-state index in [2.05, 4.69) is 6.92 Å². The maximum atomic E-state index is 5.81. The molecule has 1 aromatic rings. The second kappa shape index (κ2) is 3.46. The topological polar surface area (TPSA) is 18.5 Å². The lowest BCUT2D eigenvalue weighted by Gasteiger charge is -2.25. The Hall–Kier alpha value is -0.890. The Bertz CT molecular complexity index is 312. The molecule has 0 N–H and O–H groups in total. The molecule has 70 valence electrons. The molecule has 0 fully saturated rings. The predicted octanol–water partition coefficient (Wildman–Crippen LogP) is 2.89. The molecule has 0 saturated carbocycles. The smallest absolute Gasteiger partial charge is 0.162 e. The minimum Gasteiger partial charge on any atom is -0.486 e. The summed E-state index contributed by atoms with van der Waals surface area (Å²) in [6.45, 7) is 2.69. The number of rotatable bonds is 1. The van der Waals surface area contributed by atoms with Crippen molar-refractivity contribution >= 4 is 11.6 Å². The average Bonchev–Trinajstić information content (AvgIpc) is 2.17. The minimum absolute atomic E-state index is 0.175. The fourth-order valence-electron chi connectivity index (χ4n) is 1.29. The van der Waals surface area contributed by atoms with Crippen molar-refractivity contribution in [3.8, 4) is 11.5 Å². The van der Waals surface area contributed by atoms with E-state index >= 15 is 0 Å². The van der Waals surface area contributed by atoms with Crippen LogP contribution in [0, 0.1) is 0 Å². The summed E-state index contributed by atoms with van der Waals surface area (Å²) in [4.78, 5) is 0. The SMILES string of the molecule is CC[C@H]1COc2cc(Cl)ccc2O1. The van der Waals surface area contributed by atoms with Crippen molar-refractivity contribution in [3.05, 3.63) is 23.2 Å². The zero-order valence-corrected chi connectivity index (χ0v) is 8.17. The Morgan fingerprint density at radius 2 is 2.31 bits per heavy atom. The van der Waals surface area contributed by atoms with Gasteiger partial charge in [0.1, 0.15) is 12.7 Å². The van der Waals surface area contributed by atoms with Gasteiger partial charge in [-0.3, -0.25) is 0 Å². The van der Waals surface area contributed by atoms with E-state index in [1.165, 1.54) is 0 Å². The first kappa shape index (κ1) is 8.70. The Morgan fingerprint density at radius 3 is 3.08 bits per heavy atom. The van der Waals surface area contributed by atoms with Crippen molar-refractivity contribution < 1.29 is 9.47 Å². The van der Waals surface area contributed by atoms with Gasteiger partial charge in [0.25, 0.3) is 0 Å². The summed E-state index contributed by atoms with van der Waals surface area (Å²) in [6, 6.07) is 5.43. The third-order valence-electron chi connectivity index (χ3n) is 2.08. The molecule has 0 radical (unpaired) electrons. The highest BCUT2D eigenvalue weighted by Crippen LogP contribution is 2.34. The minimum atomic E-state index is 0.175. The van der Waals surface area contributed by atoms with Crippen LogP contribution in [0.1, 0.15) is 13.3 Å². The molecule has 0 aliphatic carbocycles. The molecule has 1 aliphatic heterocycles. The summed E-state index contributed by atoms with van der Waals surface area (Å²) >= 11 is 5.81. The van der Waals surface area contributed by atoms with Crippen molar-refractivity contribution in [2.45, 2.75) is 19.4 Å². The number of ether oxygens (including phenoxy) is 2. The van der Waals surface area contributed by atoms with E-state index in [1.54, 1.807) is 6.07 Å². The first-order valence-electron chi connectivity index (χ1n) is 4.38. The zero-order chi connectivity index (χ0) is 9.26. The molecule has 0 spiro atoms. The highest BCUT2D eigenvalue weighted by molar-refractivity contribution is 6.30. The van der Waals surface area contributed by atoms with Gasteiger partial charge in [-0.05, 0) is 18.6 Å². The van der Waals surface area contributed by atoms with Crippen molar-refractivity contribution in [1.82, 2.24) is 0 Å². The average molecular weight is 199 g/mol. The predicted molar refractivity (Wildman–Crippen MR) is 51.7 cm³/mol. The van der Waals surface area contributed by atoms with Gasteiger partial charge in [0.15, 0.2) is 11.5 Å². The molecule has 2 rings (SSSR count). The van der Waals surface area contributed by atoms with Crippen LogP contribution in [-0.4, -0.2) is 12.7 Å². The maximum Gasteiger partial charge on any atom is 0.162 e. The van der Waals surface area contributed by atoms with Crippen LogP contribution >= 0.6 is 11.6 Å². The van der Waals surface area contributed by atoms with Gasteiger partial charge in [0, 0.05) is 11.1 Å². The van der Waals surface area contributed by atoms with Crippen LogP contribution in [0.25, 0.3) is 0 Å². The van der Waals surface area contributed by atoms with Crippen molar-refractivity contribution in [3.63, 3.8) is 0 Å². The van der Waals surface area contributed by atoms with Crippen LogP contribution in [0.4, 0.5) is 0 Å². The second-order valence-corrected chi connectivity index (χ2v) is 3.49. The number of hydrogen-bond acceptors (Lipinski definition) is 2. The fraction of sp³-hybridized carbons (Fsp3) is 0.400. The fourth-order valence-corrected chi connectivity index (χ4v) is 1.45. The summed E-state index contributed by atoms with van der Waals surface area (Å²) in [5, 5.41) is 0.678. The molecule has 1 aromatic carbocycles. The summed E-state index contributed by atoms with van der Waals surface area (Å²) in [5.41, 5.74) is 0. The monoisotopic (exact) mass is 198 g/mol. The van der Waals surface area contributed by atoms with E-state index in [4.69, 9.17) is 21.1 Å². The van der Waals surface area contributed by atoms with E-state index in [0.717, 1.165) is 17.9 Å². The standard InChI is InChI=1S/C10H11ClO2/c1-2-8-6-12-10-5-7(11)3-4-9(10)13-8/h3-5,8H,2,6H2,1H3/t8-/m0/s1. The summed E-state index contributed by atoms with van der Waals surface area (Å²) in [7, 11) is 0. The molecular formula is C10H11ClO2. The van der Waals surface area contributed by atoms with Crippen LogP contribution in [0.2, 0.25) is 5.02 Å². The number of halogens is 1. The van der Waals surface area contributed by atoms with Gasteiger partial charge in [-0.25, -0.2) is 0 Å². The Balaban J connectivity index is 2.26. The molecular weight excluding hydrogens is 188 g/mol. The van der Waals surface area contributed by atoms with Crippen LogP contribution in [0.5, 0.6) is 11.5 Å². The third-order valence-corrected chi connectivity index (χ3v) is 2.31. The Labute approximate surface area is 82.4 Å². The lowest BCUT2D eigenvalue weighted by Crippen LogP contribution is -2.28. The lowest BCUT2D eigenvalue weighted by molar-refractivity contribution is 0.0885. The van der Waals surface area contributed by atoms with Gasteiger partial charge in [0.05, 0.1) is 0 Å². The molecule has 1 heterocycles. The van der Waals surface area contributed by atoms with Gasteiger partial charge in [-0.2, -0.15) is 0 Å². The maximum absolute atomic E-state index is 5.81. The lowest BCUT2D eigenvalue weighted by atomic mass is 10.2. The molecule has 3 heteroatoms. The van der Waals surface area contributed by atoms with Crippen molar-refractivity contribution in [2.75, 3.05) is 6.61 Å². The van der Waals surface area contributed by atoms with E-state index in [9.17, 15) is 0 Å². The highest BCUT2D eigenvalue weighted by Gasteiger charge is 2.19. The first-order chi connectivity index (χ1) is 6.29. The molecule has 0 saturated heterocycles. The molecule has 1 aliphatic rings. The Kier molecular flexibility index (Phi) is 2.32. The molecule has 1 atom stereocenters. The molecule has 13 heavy (non-hydrogen) atoms. The summed E-state index contributed by atoms with van der Waals surface area (Å²) in [5.74, 6) is 1.54. The molecule has 2 nitrogen and oxygen atoms in total. The number of benzene rings is 1. The molecule has 0 amide bonds. The summed E-state index contributed by atoms with van der Waals surface area (Å²) < 4.78 is 11.2. The van der Waals surface area contributed by atoms with Gasteiger partial charge < -0.3 is 9.47 Å².